The maximum atomic E-state index is 12.4. The summed E-state index contributed by atoms with van der Waals surface area (Å²) in [6.45, 7) is 0.528. The van der Waals surface area contributed by atoms with E-state index in [0.717, 1.165) is 33.3 Å². The molecule has 2 heterocycles. The van der Waals surface area contributed by atoms with E-state index in [1.54, 1.807) is 19.5 Å². The van der Waals surface area contributed by atoms with E-state index in [4.69, 9.17) is 9.15 Å². The number of benzene rings is 1. The van der Waals surface area contributed by atoms with Gasteiger partial charge >= 0.3 is 0 Å². The van der Waals surface area contributed by atoms with Crippen LogP contribution in [-0.2, 0) is 6.42 Å². The largest absolute Gasteiger partial charge is 0.496 e. The van der Waals surface area contributed by atoms with Crippen LogP contribution in [0.25, 0.3) is 11.3 Å². The van der Waals surface area contributed by atoms with Gasteiger partial charge in [0.05, 0.1) is 10.7 Å². The lowest BCUT2D eigenvalue weighted by Gasteiger charge is -2.07. The van der Waals surface area contributed by atoms with E-state index >= 15 is 0 Å². The second-order valence-corrected chi connectivity index (χ2v) is 6.65. The molecule has 0 bridgehead atoms. The standard InChI is InChI=1S/C18H17IN4O3/c1-25-15-5-4-13(7-14(15)19)17-16(23-11-26-17)18(24)22-6-2-3-12-8-20-10-21-9-12/h4-5,7-11H,2-3,6H2,1H3,(H,22,24). The fraction of sp³-hybridized carbons (Fsp3) is 0.222. The van der Waals surface area contributed by atoms with E-state index < -0.39 is 0 Å². The fourth-order valence-electron chi connectivity index (χ4n) is 2.46. The van der Waals surface area contributed by atoms with Crippen molar-refractivity contribution in [1.29, 1.82) is 0 Å². The number of aryl methyl sites for hydroxylation is 1. The van der Waals surface area contributed by atoms with Crippen molar-refractivity contribution < 1.29 is 13.9 Å². The van der Waals surface area contributed by atoms with Crippen molar-refractivity contribution in [2.24, 2.45) is 0 Å². The number of amides is 1. The normalized spacial score (nSPS) is 10.5. The first kappa shape index (κ1) is 18.3. The van der Waals surface area contributed by atoms with Gasteiger partial charge in [-0.05, 0) is 59.2 Å². The minimum atomic E-state index is -0.260. The van der Waals surface area contributed by atoms with Gasteiger partial charge in [-0.2, -0.15) is 0 Å². The van der Waals surface area contributed by atoms with Crippen LogP contribution in [-0.4, -0.2) is 34.5 Å². The topological polar surface area (TPSA) is 90.1 Å². The maximum absolute atomic E-state index is 12.4. The molecule has 0 fully saturated rings. The summed E-state index contributed by atoms with van der Waals surface area (Å²) in [5, 5.41) is 2.87. The first-order valence-electron chi connectivity index (χ1n) is 7.98. The highest BCUT2D eigenvalue weighted by Crippen LogP contribution is 2.29. The minimum Gasteiger partial charge on any atom is -0.496 e. The number of hydrogen-bond acceptors (Lipinski definition) is 6. The molecule has 2 aromatic heterocycles. The third-order valence-corrected chi connectivity index (χ3v) is 4.58. The minimum absolute atomic E-state index is 0.260. The molecule has 0 aliphatic heterocycles. The summed E-state index contributed by atoms with van der Waals surface area (Å²) in [6.07, 6.45) is 7.91. The number of ether oxygens (including phenoxy) is 1. The van der Waals surface area contributed by atoms with E-state index in [1.807, 2.05) is 18.2 Å². The monoisotopic (exact) mass is 464 g/mol. The molecule has 3 aromatic rings. The van der Waals surface area contributed by atoms with E-state index in [2.05, 4.69) is 42.9 Å². The van der Waals surface area contributed by atoms with Crippen molar-refractivity contribution in [1.82, 2.24) is 20.3 Å². The van der Waals surface area contributed by atoms with Gasteiger partial charge < -0.3 is 14.5 Å². The van der Waals surface area contributed by atoms with Crippen LogP contribution in [0.1, 0.15) is 22.5 Å². The van der Waals surface area contributed by atoms with Crippen LogP contribution in [0.15, 0.2) is 47.7 Å². The number of oxazole rings is 1. The van der Waals surface area contributed by atoms with Gasteiger partial charge in [-0.1, -0.05) is 0 Å². The number of carbonyl (C=O) groups is 1. The predicted octanol–water partition coefficient (Wildman–Crippen LogP) is 3.11. The van der Waals surface area contributed by atoms with Crippen molar-refractivity contribution in [3.05, 3.63) is 58.1 Å². The number of nitrogens with one attached hydrogen (secondary N) is 1. The molecule has 0 spiro atoms. The van der Waals surface area contributed by atoms with Gasteiger partial charge in [-0.15, -0.1) is 0 Å². The number of halogens is 1. The average Bonchev–Trinajstić information content (AvgIpc) is 3.16. The molecule has 1 aromatic carbocycles. The molecule has 134 valence electrons. The number of carbonyl (C=O) groups excluding carboxylic acids is 1. The van der Waals surface area contributed by atoms with Crippen molar-refractivity contribution in [3.63, 3.8) is 0 Å². The Morgan fingerprint density at radius 3 is 2.85 bits per heavy atom. The Bertz CT molecular complexity index is 883. The highest BCUT2D eigenvalue weighted by molar-refractivity contribution is 14.1. The van der Waals surface area contributed by atoms with Gasteiger partial charge in [0.25, 0.3) is 5.91 Å². The van der Waals surface area contributed by atoms with Gasteiger partial charge in [0.15, 0.2) is 17.8 Å². The van der Waals surface area contributed by atoms with Crippen molar-refractivity contribution >= 4 is 28.5 Å². The van der Waals surface area contributed by atoms with Crippen LogP contribution in [0.3, 0.4) is 0 Å². The van der Waals surface area contributed by atoms with E-state index in [-0.39, 0.29) is 11.6 Å². The third-order valence-electron chi connectivity index (χ3n) is 3.74. The third kappa shape index (κ3) is 4.37. The van der Waals surface area contributed by atoms with E-state index in [0.29, 0.717) is 12.3 Å². The molecule has 0 radical (unpaired) electrons. The molecule has 1 amide bonds. The van der Waals surface area contributed by atoms with Crippen LogP contribution in [0.2, 0.25) is 0 Å². The zero-order chi connectivity index (χ0) is 18.4. The highest BCUT2D eigenvalue weighted by Gasteiger charge is 2.18. The van der Waals surface area contributed by atoms with Crippen LogP contribution < -0.4 is 10.1 Å². The van der Waals surface area contributed by atoms with Crippen LogP contribution >= 0.6 is 22.6 Å². The Morgan fingerprint density at radius 2 is 2.12 bits per heavy atom. The second-order valence-electron chi connectivity index (χ2n) is 5.49. The van der Waals surface area contributed by atoms with Gasteiger partial charge in [-0.3, -0.25) is 4.79 Å². The first-order valence-corrected chi connectivity index (χ1v) is 9.06. The highest BCUT2D eigenvalue weighted by atomic mass is 127. The van der Waals surface area contributed by atoms with Crippen molar-refractivity contribution in [2.45, 2.75) is 12.8 Å². The molecule has 7 nitrogen and oxygen atoms in total. The summed E-state index contributed by atoms with van der Waals surface area (Å²) in [5.74, 6) is 0.952. The molecular formula is C18H17IN4O3. The van der Waals surface area contributed by atoms with Crippen LogP contribution in [0.4, 0.5) is 0 Å². The smallest absolute Gasteiger partial charge is 0.273 e. The summed E-state index contributed by atoms with van der Waals surface area (Å²) in [5.41, 5.74) is 2.09. The van der Waals surface area contributed by atoms with E-state index in [1.165, 1.54) is 12.7 Å². The first-order chi connectivity index (χ1) is 12.7. The molecule has 1 N–H and O–H groups in total. The molecule has 0 saturated carbocycles. The summed E-state index contributed by atoms with van der Waals surface area (Å²) in [6, 6.07) is 5.57. The van der Waals surface area contributed by atoms with E-state index in [9.17, 15) is 4.79 Å². The second kappa shape index (κ2) is 8.75. The number of hydrogen-bond donors (Lipinski definition) is 1. The van der Waals surface area contributed by atoms with Crippen molar-refractivity contribution in [3.8, 4) is 17.1 Å². The number of aromatic nitrogens is 3. The molecule has 3 rings (SSSR count). The van der Waals surface area contributed by atoms with Crippen LogP contribution in [0, 0.1) is 3.57 Å². The average molecular weight is 464 g/mol. The molecule has 0 aliphatic carbocycles. The lowest BCUT2D eigenvalue weighted by molar-refractivity contribution is 0.0949. The Morgan fingerprint density at radius 1 is 1.31 bits per heavy atom. The molecule has 0 saturated heterocycles. The predicted molar refractivity (Wildman–Crippen MR) is 104 cm³/mol. The number of methoxy groups -OCH3 is 1. The molecule has 0 unspecified atom stereocenters. The molecule has 0 aliphatic rings. The molecule has 26 heavy (non-hydrogen) atoms. The molecule has 8 heteroatoms. The summed E-state index contributed by atoms with van der Waals surface area (Å²) < 4.78 is 11.6. The summed E-state index contributed by atoms with van der Waals surface area (Å²) in [4.78, 5) is 24.5. The Balaban J connectivity index is 1.62. The fourth-order valence-corrected chi connectivity index (χ4v) is 3.19. The Hall–Kier alpha value is -2.49. The Labute approximate surface area is 164 Å². The Kier molecular flexibility index (Phi) is 6.16. The molecule has 0 atom stereocenters. The number of rotatable bonds is 7. The van der Waals surface area contributed by atoms with Gasteiger partial charge in [0.1, 0.15) is 12.1 Å². The number of nitrogens with zero attached hydrogens (tertiary/aromatic N) is 3. The van der Waals surface area contributed by atoms with Crippen molar-refractivity contribution in [2.75, 3.05) is 13.7 Å². The van der Waals surface area contributed by atoms with Gasteiger partial charge in [-0.25, -0.2) is 15.0 Å². The quantitative estimate of drug-likeness (QED) is 0.427. The maximum Gasteiger partial charge on any atom is 0.273 e. The zero-order valence-electron chi connectivity index (χ0n) is 14.1. The van der Waals surface area contributed by atoms with Gasteiger partial charge in [0.2, 0.25) is 0 Å². The summed E-state index contributed by atoms with van der Waals surface area (Å²) in [7, 11) is 1.62. The lowest BCUT2D eigenvalue weighted by Crippen LogP contribution is -2.25. The van der Waals surface area contributed by atoms with Crippen LogP contribution in [0.5, 0.6) is 5.75 Å². The van der Waals surface area contributed by atoms with Gasteiger partial charge in [0, 0.05) is 24.5 Å². The zero-order valence-corrected chi connectivity index (χ0v) is 16.3. The summed E-state index contributed by atoms with van der Waals surface area (Å²) >= 11 is 2.18. The SMILES string of the molecule is COc1ccc(-c2ocnc2C(=O)NCCCc2cncnc2)cc1I. The lowest BCUT2D eigenvalue weighted by atomic mass is 10.1. The molecular weight excluding hydrogens is 447 g/mol.